The molecule has 0 unspecified atom stereocenters. The number of hydrogen-bond acceptors (Lipinski definition) is 6. The van der Waals surface area contributed by atoms with Gasteiger partial charge >= 0.3 is 6.03 Å². The summed E-state index contributed by atoms with van der Waals surface area (Å²) in [6, 6.07) is -3.57. The molecule has 1 saturated carbocycles. The van der Waals surface area contributed by atoms with Gasteiger partial charge in [-0.3, -0.25) is 19.8 Å². The zero-order valence-electron chi connectivity index (χ0n) is 18.3. The molecule has 4 N–H and O–H groups in total. The summed E-state index contributed by atoms with van der Waals surface area (Å²) < 4.78 is 32.7. The van der Waals surface area contributed by atoms with Gasteiger partial charge < -0.3 is 25.6 Å². The highest BCUT2D eigenvalue weighted by Gasteiger charge is 2.36. The number of nitrogens with zero attached hydrogens (tertiary/aromatic N) is 1. The molecule has 12 heteroatoms. The first-order chi connectivity index (χ1) is 15.0. The van der Waals surface area contributed by atoms with E-state index in [1.165, 1.54) is 4.90 Å². The standard InChI is InChI=1S/C20H31F2N5O5/c1-3-13(15(28)18(30)26-16(23)12-5-6-12)24-17(29)14(11-20(2,21)22)25-19(31)27-7-4-9-32-10-8-27/h12-14H,3-11H2,1-2H3,(H,24,29)(H,25,31)(H2,23,26,30)/t13-,14-/m0/s1. The van der Waals surface area contributed by atoms with Crippen molar-refractivity contribution in [3.05, 3.63) is 0 Å². The normalized spacial score (nSPS) is 18.7. The SMILES string of the molecule is CC[C@H](NC(=O)[C@H](CC(C)(F)F)NC(=O)N1CCCOCC1)C(=O)C(=O)NC(=N)C1CC1. The highest BCUT2D eigenvalue weighted by atomic mass is 19.3. The first kappa shape index (κ1) is 25.6. The molecule has 2 atom stereocenters. The Morgan fingerprint density at radius 3 is 2.41 bits per heavy atom. The van der Waals surface area contributed by atoms with Crippen molar-refractivity contribution < 1.29 is 32.7 Å². The highest BCUT2D eigenvalue weighted by molar-refractivity contribution is 6.41. The fourth-order valence-corrected chi connectivity index (χ4v) is 3.20. The molecule has 32 heavy (non-hydrogen) atoms. The third-order valence-electron chi connectivity index (χ3n) is 5.19. The quantitative estimate of drug-likeness (QED) is 0.229. The van der Waals surface area contributed by atoms with Crippen LogP contribution in [0.3, 0.4) is 0 Å². The smallest absolute Gasteiger partial charge is 0.318 e. The van der Waals surface area contributed by atoms with Crippen LogP contribution < -0.4 is 16.0 Å². The molecule has 10 nitrogen and oxygen atoms in total. The van der Waals surface area contributed by atoms with Gasteiger partial charge in [-0.15, -0.1) is 0 Å². The maximum absolute atomic E-state index is 13.7. The zero-order chi connectivity index (χ0) is 23.9. The summed E-state index contributed by atoms with van der Waals surface area (Å²) in [5.74, 6) is -6.40. The lowest BCUT2D eigenvalue weighted by molar-refractivity contribution is -0.139. The third-order valence-corrected chi connectivity index (χ3v) is 5.19. The Balaban J connectivity index is 2.02. The Labute approximate surface area is 185 Å². The topological polar surface area (TPSA) is 141 Å². The van der Waals surface area contributed by atoms with E-state index in [4.69, 9.17) is 10.1 Å². The Bertz CT molecular complexity index is 730. The van der Waals surface area contributed by atoms with Crippen LogP contribution in [-0.2, 0) is 19.1 Å². The number of amidine groups is 1. The van der Waals surface area contributed by atoms with Gasteiger partial charge in [-0.2, -0.15) is 0 Å². The van der Waals surface area contributed by atoms with Gasteiger partial charge in [0.25, 0.3) is 5.91 Å². The summed E-state index contributed by atoms with van der Waals surface area (Å²) in [7, 11) is 0. The molecule has 0 spiro atoms. The number of carbonyl (C=O) groups excluding carboxylic acids is 4. The summed E-state index contributed by atoms with van der Waals surface area (Å²) in [4.78, 5) is 51.2. The van der Waals surface area contributed by atoms with Crippen LogP contribution in [0, 0.1) is 11.3 Å². The van der Waals surface area contributed by atoms with E-state index in [0.717, 1.165) is 12.8 Å². The van der Waals surface area contributed by atoms with E-state index in [2.05, 4.69) is 16.0 Å². The average molecular weight is 459 g/mol. The Morgan fingerprint density at radius 2 is 1.81 bits per heavy atom. The van der Waals surface area contributed by atoms with Crippen LogP contribution in [0.2, 0.25) is 0 Å². The molecule has 1 heterocycles. The average Bonchev–Trinajstić information content (AvgIpc) is 3.56. The predicted octanol–water partition coefficient (Wildman–Crippen LogP) is 0.800. The molecule has 1 aliphatic heterocycles. The van der Waals surface area contributed by atoms with Gasteiger partial charge in [0.2, 0.25) is 17.6 Å². The van der Waals surface area contributed by atoms with E-state index in [1.807, 2.05) is 0 Å². The van der Waals surface area contributed by atoms with Crippen molar-refractivity contribution in [2.45, 2.75) is 64.0 Å². The molecule has 2 fully saturated rings. The second kappa shape index (κ2) is 11.3. The molecule has 4 amide bonds. The minimum atomic E-state index is -3.26. The lowest BCUT2D eigenvalue weighted by atomic mass is 10.1. The summed E-state index contributed by atoms with van der Waals surface area (Å²) in [5.41, 5.74) is 0. The van der Waals surface area contributed by atoms with E-state index in [0.29, 0.717) is 33.1 Å². The van der Waals surface area contributed by atoms with Crippen LogP contribution in [0.4, 0.5) is 13.6 Å². The maximum atomic E-state index is 13.7. The highest BCUT2D eigenvalue weighted by Crippen LogP contribution is 2.28. The van der Waals surface area contributed by atoms with E-state index >= 15 is 0 Å². The fourth-order valence-electron chi connectivity index (χ4n) is 3.20. The summed E-state index contributed by atoms with van der Waals surface area (Å²) in [5, 5.41) is 14.5. The van der Waals surface area contributed by atoms with Gasteiger partial charge in [0.1, 0.15) is 11.9 Å². The minimum absolute atomic E-state index is 0.0292. The van der Waals surface area contributed by atoms with Gasteiger partial charge in [-0.1, -0.05) is 6.92 Å². The number of hydrogen-bond donors (Lipinski definition) is 4. The van der Waals surface area contributed by atoms with Crippen molar-refractivity contribution in [2.75, 3.05) is 26.3 Å². The second-order valence-electron chi connectivity index (χ2n) is 8.21. The minimum Gasteiger partial charge on any atom is -0.380 e. The van der Waals surface area contributed by atoms with Crippen molar-refractivity contribution in [3.63, 3.8) is 0 Å². The van der Waals surface area contributed by atoms with E-state index in [9.17, 15) is 28.0 Å². The van der Waals surface area contributed by atoms with Crippen molar-refractivity contribution >= 4 is 29.5 Å². The third kappa shape index (κ3) is 8.13. The number of alkyl halides is 2. The molecular weight excluding hydrogens is 428 g/mol. The van der Waals surface area contributed by atoms with Gasteiger partial charge in [-0.25, -0.2) is 13.6 Å². The Hall–Kier alpha value is -2.63. The molecule has 180 valence electrons. The molecule has 0 aromatic heterocycles. The molecule has 1 aliphatic carbocycles. The summed E-state index contributed by atoms with van der Waals surface area (Å²) in [6.07, 6.45) is 1.15. The van der Waals surface area contributed by atoms with Gasteiger partial charge in [0.05, 0.1) is 12.6 Å². The predicted molar refractivity (Wildman–Crippen MR) is 110 cm³/mol. The van der Waals surface area contributed by atoms with Crippen LogP contribution in [-0.4, -0.2) is 78.7 Å². The Kier molecular flexibility index (Phi) is 9.05. The number of carbonyl (C=O) groups is 4. The first-order valence-corrected chi connectivity index (χ1v) is 10.8. The van der Waals surface area contributed by atoms with Gasteiger partial charge in [0.15, 0.2) is 0 Å². The zero-order valence-corrected chi connectivity index (χ0v) is 18.3. The molecule has 0 aromatic carbocycles. The molecule has 0 bridgehead atoms. The fraction of sp³-hybridized carbons (Fsp3) is 0.750. The van der Waals surface area contributed by atoms with Gasteiger partial charge in [0, 0.05) is 32.0 Å². The molecular formula is C20H31F2N5O5. The lowest BCUT2D eigenvalue weighted by Crippen LogP contribution is -2.57. The number of nitrogens with one attached hydrogen (secondary N) is 4. The molecule has 2 rings (SSSR count). The molecule has 0 aromatic rings. The molecule has 2 aliphatic rings. The van der Waals surface area contributed by atoms with E-state index in [1.54, 1.807) is 6.92 Å². The second-order valence-corrected chi connectivity index (χ2v) is 8.21. The first-order valence-electron chi connectivity index (χ1n) is 10.8. The van der Waals surface area contributed by atoms with Crippen molar-refractivity contribution in [3.8, 4) is 0 Å². The van der Waals surface area contributed by atoms with Crippen LogP contribution in [0.15, 0.2) is 0 Å². The largest absolute Gasteiger partial charge is 0.380 e. The number of rotatable bonds is 9. The van der Waals surface area contributed by atoms with Crippen LogP contribution >= 0.6 is 0 Å². The number of Topliss-reactive ketones (excluding diaryl/α,β-unsaturated/α-hetero) is 1. The van der Waals surface area contributed by atoms with Crippen molar-refractivity contribution in [1.82, 2.24) is 20.9 Å². The van der Waals surface area contributed by atoms with Crippen LogP contribution in [0.5, 0.6) is 0 Å². The number of ketones is 1. The van der Waals surface area contributed by atoms with Crippen molar-refractivity contribution in [2.24, 2.45) is 5.92 Å². The van der Waals surface area contributed by atoms with E-state index < -0.39 is 48.1 Å². The van der Waals surface area contributed by atoms with Crippen LogP contribution in [0.25, 0.3) is 0 Å². The summed E-state index contributed by atoms with van der Waals surface area (Å²) >= 11 is 0. The number of halogens is 2. The van der Waals surface area contributed by atoms with E-state index in [-0.39, 0.29) is 24.7 Å². The maximum Gasteiger partial charge on any atom is 0.318 e. The monoisotopic (exact) mass is 459 g/mol. The number of amides is 4. The van der Waals surface area contributed by atoms with Gasteiger partial charge in [-0.05, 0) is 32.6 Å². The Morgan fingerprint density at radius 1 is 1.12 bits per heavy atom. The lowest BCUT2D eigenvalue weighted by Gasteiger charge is -2.27. The van der Waals surface area contributed by atoms with Crippen molar-refractivity contribution in [1.29, 1.82) is 5.41 Å². The van der Waals surface area contributed by atoms with Crippen LogP contribution in [0.1, 0.15) is 46.0 Å². The summed E-state index contributed by atoms with van der Waals surface area (Å²) in [6.45, 7) is 3.55. The molecule has 1 saturated heterocycles. The number of urea groups is 1. The molecule has 0 radical (unpaired) electrons. The number of ether oxygens (including phenoxy) is 1.